The highest BCUT2D eigenvalue weighted by Crippen LogP contribution is 2.76. The van der Waals surface area contributed by atoms with Gasteiger partial charge in [0, 0.05) is 0 Å². The van der Waals surface area contributed by atoms with Gasteiger partial charge in [-0.15, -0.1) is 0 Å². The Bertz CT molecular complexity index is 1410. The molecule has 52 heavy (non-hydrogen) atoms. The first-order valence-electron chi connectivity index (χ1n) is 20.1. The highest BCUT2D eigenvalue weighted by molar-refractivity contribution is 5.76. The number of hydrogen-bond acceptors (Lipinski definition) is 10. The summed E-state index contributed by atoms with van der Waals surface area (Å²) in [5.74, 6) is 0.219. The molecule has 2 saturated heterocycles. The Morgan fingerprint density at radius 2 is 1.48 bits per heavy atom. The molecule has 0 aromatic carbocycles. The second-order valence-electron chi connectivity index (χ2n) is 20.2. The van der Waals surface area contributed by atoms with Crippen LogP contribution in [0.1, 0.15) is 120 Å². The molecule has 2 heterocycles. The molecule has 7 rings (SSSR count). The van der Waals surface area contributed by atoms with Crippen LogP contribution >= 0.6 is 0 Å². The lowest BCUT2D eigenvalue weighted by Crippen LogP contribution is -2.66. The summed E-state index contributed by atoms with van der Waals surface area (Å²) in [7, 11) is 0. The molecule has 0 amide bonds. The molecule has 11 heteroatoms. The van der Waals surface area contributed by atoms with E-state index in [4.69, 9.17) is 18.9 Å². The molecule has 5 aliphatic carbocycles. The highest BCUT2D eigenvalue weighted by atomic mass is 16.8. The maximum absolute atomic E-state index is 13.0. The van der Waals surface area contributed by atoms with Crippen molar-refractivity contribution in [3.63, 3.8) is 0 Å². The molecule has 0 aromatic heterocycles. The average Bonchev–Trinajstić information content (AvgIpc) is 3.06. The lowest BCUT2D eigenvalue weighted by Gasteiger charge is -2.71. The van der Waals surface area contributed by atoms with Crippen molar-refractivity contribution in [2.75, 3.05) is 6.61 Å². The van der Waals surface area contributed by atoms with Gasteiger partial charge in [0.15, 0.2) is 12.6 Å². The summed E-state index contributed by atoms with van der Waals surface area (Å²) in [6.45, 7) is 18.1. The maximum Gasteiger partial charge on any atom is 0.310 e. The van der Waals surface area contributed by atoms with E-state index in [1.807, 2.05) is 0 Å². The van der Waals surface area contributed by atoms with Crippen LogP contribution in [0, 0.1) is 50.2 Å². The standard InChI is InChI=1S/C41H66O11/c1-21-28(43)30(45)31(46)33(50-21)52-32-29(44)24(42)20-49-34(32)51-27-12-13-38(6)25(37(27,4)5)11-14-40(8)26(38)10-9-22-23-19-36(2,3)15-17-41(23,35(47)48)18-16-39(22,40)7/h9,21,23-34,42-46H,10-20H2,1-8H3,(H,47,48)/t21-,23+,24-,25+,26-,27+,28+,29-,30+,31-,32-,33+,34-,38+,39-,40-,41+/m1/s1. The van der Waals surface area contributed by atoms with Gasteiger partial charge in [0.05, 0.1) is 24.2 Å². The number of carbonyl (C=O) groups is 1. The van der Waals surface area contributed by atoms with Crippen LogP contribution in [0.3, 0.4) is 0 Å². The number of aliphatic hydroxyl groups excluding tert-OH is 5. The van der Waals surface area contributed by atoms with Crippen LogP contribution in [0.5, 0.6) is 0 Å². The van der Waals surface area contributed by atoms with Gasteiger partial charge in [-0.3, -0.25) is 4.79 Å². The maximum atomic E-state index is 13.0. The van der Waals surface area contributed by atoms with Gasteiger partial charge in [-0.1, -0.05) is 60.1 Å². The third kappa shape index (κ3) is 5.64. The van der Waals surface area contributed by atoms with Crippen LogP contribution in [0.2, 0.25) is 0 Å². The molecular formula is C41H66O11. The van der Waals surface area contributed by atoms with Crippen LogP contribution in [0.25, 0.3) is 0 Å². The fraction of sp³-hybridized carbons (Fsp3) is 0.927. The number of rotatable bonds is 5. The van der Waals surface area contributed by atoms with Gasteiger partial charge in [-0.25, -0.2) is 0 Å². The predicted molar refractivity (Wildman–Crippen MR) is 191 cm³/mol. The van der Waals surface area contributed by atoms with Gasteiger partial charge in [-0.05, 0) is 116 Å². The molecule has 0 spiro atoms. The molecule has 0 bridgehead atoms. The fourth-order valence-electron chi connectivity index (χ4n) is 13.3. The SMILES string of the molecule is C[C@H]1O[C@@H](O[C@H]2[C@@H](O[C@H]3CC[C@]4(C)[C@H]5CC=C6[C@@H]7CC(C)(C)CC[C@]7(C(=O)O)CC[C@@]6(C)[C@]5(C)CC[C@H]4C3(C)C)OC[C@@H](O)[C@H]2O)[C@H](O)[C@@H](O)[C@H]1O. The number of hydrogen-bond donors (Lipinski definition) is 6. The van der Waals surface area contributed by atoms with Crippen molar-refractivity contribution in [1.82, 2.24) is 0 Å². The second kappa shape index (κ2) is 12.9. The number of aliphatic hydroxyl groups is 5. The third-order valence-corrected chi connectivity index (χ3v) is 16.8. The molecule has 0 radical (unpaired) electrons. The molecule has 2 aliphatic heterocycles. The van der Waals surface area contributed by atoms with Crippen LogP contribution in [0.15, 0.2) is 11.6 Å². The van der Waals surface area contributed by atoms with Gasteiger partial charge in [-0.2, -0.15) is 0 Å². The highest BCUT2D eigenvalue weighted by Gasteiger charge is 2.69. The summed E-state index contributed by atoms with van der Waals surface area (Å²) in [5, 5.41) is 63.6. The minimum atomic E-state index is -1.58. The number of ether oxygens (including phenoxy) is 4. The van der Waals surface area contributed by atoms with E-state index in [-0.39, 0.29) is 45.7 Å². The summed E-state index contributed by atoms with van der Waals surface area (Å²) in [6.07, 6.45) is -0.253. The van der Waals surface area contributed by atoms with Crippen molar-refractivity contribution in [3.05, 3.63) is 11.6 Å². The normalized spacial score (nSPS) is 54.1. The fourth-order valence-corrected chi connectivity index (χ4v) is 13.3. The monoisotopic (exact) mass is 734 g/mol. The number of carboxylic acid groups (broad SMARTS) is 1. The van der Waals surface area contributed by atoms with E-state index in [0.717, 1.165) is 64.2 Å². The zero-order chi connectivity index (χ0) is 38.0. The summed E-state index contributed by atoms with van der Waals surface area (Å²) < 4.78 is 24.5. The van der Waals surface area contributed by atoms with Gasteiger partial charge in [0.1, 0.15) is 36.6 Å². The predicted octanol–water partition coefficient (Wildman–Crippen LogP) is 4.55. The topological polar surface area (TPSA) is 175 Å². The first kappa shape index (κ1) is 39.1. The molecule has 296 valence electrons. The Hall–Kier alpha value is -1.15. The Morgan fingerprint density at radius 3 is 2.17 bits per heavy atom. The Balaban J connectivity index is 1.13. The van der Waals surface area contributed by atoms with Crippen molar-refractivity contribution in [3.8, 4) is 0 Å². The smallest absolute Gasteiger partial charge is 0.310 e. The summed E-state index contributed by atoms with van der Waals surface area (Å²) >= 11 is 0. The zero-order valence-corrected chi connectivity index (χ0v) is 32.6. The molecule has 11 nitrogen and oxygen atoms in total. The zero-order valence-electron chi connectivity index (χ0n) is 32.6. The van der Waals surface area contributed by atoms with Gasteiger partial charge in [0.2, 0.25) is 0 Å². The van der Waals surface area contributed by atoms with Crippen molar-refractivity contribution < 1.29 is 54.4 Å². The van der Waals surface area contributed by atoms with E-state index in [0.29, 0.717) is 11.8 Å². The minimum absolute atomic E-state index is 0.0146. The van der Waals surface area contributed by atoms with E-state index in [1.54, 1.807) is 6.92 Å². The first-order chi connectivity index (χ1) is 24.1. The number of allylic oxidation sites excluding steroid dienone is 2. The number of carboxylic acids is 1. The lowest BCUT2D eigenvalue weighted by molar-refractivity contribution is -0.364. The third-order valence-electron chi connectivity index (χ3n) is 16.8. The second-order valence-corrected chi connectivity index (χ2v) is 20.2. The van der Waals surface area contributed by atoms with Gasteiger partial charge in [0.25, 0.3) is 0 Å². The van der Waals surface area contributed by atoms with Gasteiger partial charge >= 0.3 is 5.97 Å². The first-order valence-corrected chi connectivity index (χ1v) is 20.1. The van der Waals surface area contributed by atoms with Crippen LogP contribution in [0.4, 0.5) is 0 Å². The van der Waals surface area contributed by atoms with Crippen molar-refractivity contribution in [2.24, 2.45) is 50.2 Å². The minimum Gasteiger partial charge on any atom is -0.481 e. The quantitative estimate of drug-likeness (QED) is 0.173. The molecule has 7 aliphatic rings. The number of fused-ring (bicyclic) bond motifs is 7. The lowest BCUT2D eigenvalue weighted by atomic mass is 9.33. The molecule has 4 saturated carbocycles. The Kier molecular flexibility index (Phi) is 9.74. The van der Waals surface area contributed by atoms with E-state index in [1.165, 1.54) is 5.57 Å². The Morgan fingerprint density at radius 1 is 0.788 bits per heavy atom. The largest absolute Gasteiger partial charge is 0.481 e. The van der Waals surface area contributed by atoms with Crippen molar-refractivity contribution in [2.45, 2.75) is 181 Å². The molecule has 0 aromatic rings. The Labute approximate surface area is 309 Å². The molecule has 6 N–H and O–H groups in total. The molecule has 6 fully saturated rings. The van der Waals surface area contributed by atoms with E-state index in [2.05, 4.69) is 54.5 Å². The molecule has 17 atom stereocenters. The van der Waals surface area contributed by atoms with Crippen LogP contribution < -0.4 is 0 Å². The van der Waals surface area contributed by atoms with E-state index in [9.17, 15) is 35.4 Å². The van der Waals surface area contributed by atoms with E-state index >= 15 is 0 Å². The molecule has 0 unspecified atom stereocenters. The molecular weight excluding hydrogens is 668 g/mol. The summed E-state index contributed by atoms with van der Waals surface area (Å²) in [5.41, 5.74) is 0.579. The van der Waals surface area contributed by atoms with Crippen molar-refractivity contribution >= 4 is 5.97 Å². The van der Waals surface area contributed by atoms with E-state index < -0.39 is 66.7 Å². The number of aliphatic carboxylic acids is 1. The average molecular weight is 735 g/mol. The van der Waals surface area contributed by atoms with Crippen LogP contribution in [-0.4, -0.2) is 105 Å². The summed E-state index contributed by atoms with van der Waals surface area (Å²) in [6, 6.07) is 0. The van der Waals surface area contributed by atoms with Crippen molar-refractivity contribution in [1.29, 1.82) is 0 Å². The van der Waals surface area contributed by atoms with Crippen LogP contribution in [-0.2, 0) is 23.7 Å². The van der Waals surface area contributed by atoms with Gasteiger partial charge < -0.3 is 49.6 Å². The summed E-state index contributed by atoms with van der Waals surface area (Å²) in [4.78, 5) is 13.0.